The number of halogens is 1. The number of benzene rings is 2. The lowest BCUT2D eigenvalue weighted by molar-refractivity contribution is 0.274. The standard InChI is InChI=1S/C19H21BrN2/c1-13-5-6-16-11-22(12-18(16)19(13)20)10-15-4-2-3-14-9-21-8-7-17(14)15/h2-6,21H,7-12H2,1H3. The van der Waals surface area contributed by atoms with Gasteiger partial charge in [-0.05, 0) is 53.3 Å². The van der Waals surface area contributed by atoms with Crippen LogP contribution in [0.1, 0.15) is 33.4 Å². The lowest BCUT2D eigenvalue weighted by atomic mass is 9.95. The topological polar surface area (TPSA) is 15.3 Å². The fourth-order valence-electron chi connectivity index (χ4n) is 3.73. The number of nitrogens with one attached hydrogen (secondary N) is 1. The van der Waals surface area contributed by atoms with Crippen LogP contribution in [0, 0.1) is 6.92 Å². The van der Waals surface area contributed by atoms with Gasteiger partial charge in [-0.1, -0.05) is 46.3 Å². The molecule has 0 saturated heterocycles. The number of fused-ring (bicyclic) bond motifs is 2. The van der Waals surface area contributed by atoms with Gasteiger partial charge in [0, 0.05) is 30.7 Å². The van der Waals surface area contributed by atoms with E-state index in [0.717, 1.165) is 39.1 Å². The summed E-state index contributed by atoms with van der Waals surface area (Å²) in [6, 6.07) is 11.3. The lowest BCUT2D eigenvalue weighted by Crippen LogP contribution is -2.26. The molecular weight excluding hydrogens is 336 g/mol. The molecule has 2 heterocycles. The molecule has 0 fully saturated rings. The summed E-state index contributed by atoms with van der Waals surface area (Å²) < 4.78 is 1.30. The predicted molar refractivity (Wildman–Crippen MR) is 93.7 cm³/mol. The average molecular weight is 357 g/mol. The van der Waals surface area contributed by atoms with E-state index in [4.69, 9.17) is 0 Å². The van der Waals surface area contributed by atoms with E-state index in [0.29, 0.717) is 0 Å². The van der Waals surface area contributed by atoms with Gasteiger partial charge in [-0.3, -0.25) is 4.90 Å². The predicted octanol–water partition coefficient (Wildman–Crippen LogP) is 3.92. The maximum absolute atomic E-state index is 3.77. The van der Waals surface area contributed by atoms with Gasteiger partial charge in [-0.2, -0.15) is 0 Å². The van der Waals surface area contributed by atoms with Crippen molar-refractivity contribution < 1.29 is 0 Å². The summed E-state index contributed by atoms with van der Waals surface area (Å²) in [5, 5.41) is 3.47. The number of aryl methyl sites for hydroxylation is 1. The molecule has 2 aliphatic heterocycles. The minimum absolute atomic E-state index is 1.02. The summed E-state index contributed by atoms with van der Waals surface area (Å²) >= 11 is 3.77. The molecule has 0 spiro atoms. The van der Waals surface area contributed by atoms with Gasteiger partial charge in [-0.25, -0.2) is 0 Å². The zero-order valence-corrected chi connectivity index (χ0v) is 14.5. The molecule has 0 saturated carbocycles. The Morgan fingerprint density at radius 1 is 1.09 bits per heavy atom. The van der Waals surface area contributed by atoms with Gasteiger partial charge in [0.1, 0.15) is 0 Å². The molecule has 0 aliphatic carbocycles. The molecule has 1 N–H and O–H groups in total. The first-order valence-electron chi connectivity index (χ1n) is 8.02. The van der Waals surface area contributed by atoms with E-state index >= 15 is 0 Å². The Kier molecular flexibility index (Phi) is 3.81. The molecule has 0 bridgehead atoms. The Morgan fingerprint density at radius 3 is 2.91 bits per heavy atom. The molecule has 2 aromatic rings. The van der Waals surface area contributed by atoms with E-state index in [-0.39, 0.29) is 0 Å². The molecular formula is C19H21BrN2. The molecule has 4 rings (SSSR count). The van der Waals surface area contributed by atoms with Crippen LogP contribution < -0.4 is 5.32 Å². The van der Waals surface area contributed by atoms with E-state index in [9.17, 15) is 0 Å². The number of rotatable bonds is 2. The molecule has 114 valence electrons. The highest BCUT2D eigenvalue weighted by atomic mass is 79.9. The van der Waals surface area contributed by atoms with Crippen molar-refractivity contribution in [3.05, 3.63) is 68.2 Å². The van der Waals surface area contributed by atoms with Gasteiger partial charge in [0.15, 0.2) is 0 Å². The third-order valence-corrected chi connectivity index (χ3v) is 6.04. The first-order valence-corrected chi connectivity index (χ1v) is 8.81. The second kappa shape index (κ2) is 5.80. The Morgan fingerprint density at radius 2 is 2.00 bits per heavy atom. The smallest absolute Gasteiger partial charge is 0.0255 e. The summed E-state index contributed by atoms with van der Waals surface area (Å²) in [6.45, 7) is 7.48. The molecule has 0 atom stereocenters. The van der Waals surface area contributed by atoms with Crippen LogP contribution in [0.4, 0.5) is 0 Å². The van der Waals surface area contributed by atoms with Gasteiger partial charge in [0.2, 0.25) is 0 Å². The zero-order chi connectivity index (χ0) is 15.1. The Balaban J connectivity index is 1.58. The zero-order valence-electron chi connectivity index (χ0n) is 13.0. The van der Waals surface area contributed by atoms with Crippen LogP contribution in [0.5, 0.6) is 0 Å². The maximum Gasteiger partial charge on any atom is 0.0255 e. The van der Waals surface area contributed by atoms with Crippen molar-refractivity contribution in [2.75, 3.05) is 6.54 Å². The van der Waals surface area contributed by atoms with Crippen LogP contribution >= 0.6 is 15.9 Å². The molecule has 2 aromatic carbocycles. The molecule has 3 heteroatoms. The summed E-state index contributed by atoms with van der Waals surface area (Å²) in [4.78, 5) is 2.56. The van der Waals surface area contributed by atoms with Crippen molar-refractivity contribution in [1.29, 1.82) is 0 Å². The van der Waals surface area contributed by atoms with Crippen molar-refractivity contribution in [1.82, 2.24) is 10.2 Å². The largest absolute Gasteiger partial charge is 0.312 e. The van der Waals surface area contributed by atoms with E-state index < -0.39 is 0 Å². The monoisotopic (exact) mass is 356 g/mol. The van der Waals surface area contributed by atoms with Gasteiger partial charge in [0.05, 0.1) is 0 Å². The Hall–Kier alpha value is -1.16. The Bertz CT molecular complexity index is 724. The second-order valence-corrected chi connectivity index (χ2v) is 7.25. The van der Waals surface area contributed by atoms with Crippen molar-refractivity contribution in [2.45, 2.75) is 39.5 Å². The van der Waals surface area contributed by atoms with Crippen LogP contribution in [0.25, 0.3) is 0 Å². The fourth-order valence-corrected chi connectivity index (χ4v) is 4.24. The molecule has 2 aliphatic rings. The summed E-state index contributed by atoms with van der Waals surface area (Å²) in [5.41, 5.74) is 8.86. The number of nitrogens with zero attached hydrogens (tertiary/aromatic N) is 1. The van der Waals surface area contributed by atoms with Crippen molar-refractivity contribution in [3.8, 4) is 0 Å². The SMILES string of the molecule is Cc1ccc2c(c1Br)CN(Cc1cccc3c1CCNC3)C2. The molecule has 0 amide bonds. The first-order chi connectivity index (χ1) is 10.7. The van der Waals surface area contributed by atoms with Crippen LogP contribution in [0.2, 0.25) is 0 Å². The highest BCUT2D eigenvalue weighted by molar-refractivity contribution is 9.10. The first kappa shape index (κ1) is 14.4. The van der Waals surface area contributed by atoms with Gasteiger partial charge in [-0.15, -0.1) is 0 Å². The van der Waals surface area contributed by atoms with E-state index in [1.807, 2.05) is 0 Å². The highest BCUT2D eigenvalue weighted by Crippen LogP contribution is 2.33. The summed E-state index contributed by atoms with van der Waals surface area (Å²) in [7, 11) is 0. The fraction of sp³-hybridized carbons (Fsp3) is 0.368. The van der Waals surface area contributed by atoms with Crippen LogP contribution in [-0.4, -0.2) is 11.4 Å². The second-order valence-electron chi connectivity index (χ2n) is 6.46. The number of hydrogen-bond acceptors (Lipinski definition) is 2. The normalized spacial score (nSPS) is 17.4. The summed E-state index contributed by atoms with van der Waals surface area (Å²) in [5.74, 6) is 0. The molecule has 0 aromatic heterocycles. The van der Waals surface area contributed by atoms with Gasteiger partial charge in [0.25, 0.3) is 0 Å². The average Bonchev–Trinajstić information content (AvgIpc) is 2.95. The molecule has 2 nitrogen and oxygen atoms in total. The van der Waals surface area contributed by atoms with E-state index in [1.165, 1.54) is 32.3 Å². The maximum atomic E-state index is 3.77. The quantitative estimate of drug-likeness (QED) is 0.877. The number of hydrogen-bond donors (Lipinski definition) is 1. The van der Waals surface area contributed by atoms with E-state index in [2.05, 4.69) is 63.4 Å². The minimum Gasteiger partial charge on any atom is -0.312 e. The lowest BCUT2D eigenvalue weighted by Gasteiger charge is -2.23. The molecule has 0 radical (unpaired) electrons. The third-order valence-electron chi connectivity index (χ3n) is 4.94. The molecule has 22 heavy (non-hydrogen) atoms. The Labute approximate surface area is 140 Å². The van der Waals surface area contributed by atoms with Gasteiger partial charge >= 0.3 is 0 Å². The molecule has 0 unspecified atom stereocenters. The van der Waals surface area contributed by atoms with Crippen LogP contribution in [0.3, 0.4) is 0 Å². The minimum atomic E-state index is 1.02. The third kappa shape index (κ3) is 2.51. The van der Waals surface area contributed by atoms with E-state index in [1.54, 1.807) is 5.56 Å². The van der Waals surface area contributed by atoms with Crippen molar-refractivity contribution >= 4 is 15.9 Å². The van der Waals surface area contributed by atoms with Crippen molar-refractivity contribution in [2.24, 2.45) is 0 Å². The highest BCUT2D eigenvalue weighted by Gasteiger charge is 2.23. The van der Waals surface area contributed by atoms with Crippen LogP contribution in [0.15, 0.2) is 34.8 Å². The van der Waals surface area contributed by atoms with Gasteiger partial charge < -0.3 is 5.32 Å². The summed E-state index contributed by atoms with van der Waals surface area (Å²) in [6.07, 6.45) is 1.16. The van der Waals surface area contributed by atoms with Crippen molar-refractivity contribution in [3.63, 3.8) is 0 Å². The van der Waals surface area contributed by atoms with Crippen LogP contribution in [-0.2, 0) is 32.6 Å².